The van der Waals surface area contributed by atoms with Gasteiger partial charge < -0.3 is 15.7 Å². The third kappa shape index (κ3) is 2.24. The lowest BCUT2D eigenvalue weighted by Gasteiger charge is -2.35. The van der Waals surface area contributed by atoms with Crippen LogP contribution < -0.4 is 11.4 Å². The molecular formula is C15H19N3O. The molecule has 1 aromatic heterocycles. The lowest BCUT2D eigenvalue weighted by atomic mass is 9.75. The van der Waals surface area contributed by atoms with Crippen LogP contribution in [0.4, 0.5) is 0 Å². The normalized spacial score (nSPS) is 18.4. The average molecular weight is 257 g/mol. The van der Waals surface area contributed by atoms with E-state index in [-0.39, 0.29) is 11.2 Å². The third-order valence-corrected chi connectivity index (χ3v) is 4.10. The van der Waals surface area contributed by atoms with Crippen LogP contribution in [-0.2, 0) is 5.54 Å². The lowest BCUT2D eigenvalue weighted by Crippen LogP contribution is -2.39. The average Bonchev–Trinajstić information content (AvgIpc) is 2.86. The zero-order valence-electron chi connectivity index (χ0n) is 10.9. The minimum Gasteiger partial charge on any atom is -0.321 e. The summed E-state index contributed by atoms with van der Waals surface area (Å²) in [5.41, 5.74) is 9.17. The number of rotatable bonds is 2. The van der Waals surface area contributed by atoms with E-state index in [1.807, 2.05) is 18.2 Å². The number of imidazole rings is 1. The van der Waals surface area contributed by atoms with Crippen LogP contribution in [0.25, 0.3) is 11.3 Å². The molecule has 100 valence electrons. The Kier molecular flexibility index (Phi) is 3.03. The first-order chi connectivity index (χ1) is 9.19. The highest BCUT2D eigenvalue weighted by molar-refractivity contribution is 5.64. The molecular weight excluding hydrogens is 238 g/mol. The maximum absolute atomic E-state index is 11.3. The fraction of sp³-hybridized carbons (Fsp3) is 0.400. The number of aromatic nitrogens is 2. The fourth-order valence-electron chi connectivity index (χ4n) is 3.08. The summed E-state index contributed by atoms with van der Waals surface area (Å²) in [4.78, 5) is 16.8. The molecule has 0 amide bonds. The topological polar surface area (TPSA) is 74.7 Å². The van der Waals surface area contributed by atoms with E-state index in [2.05, 4.69) is 16.0 Å². The Morgan fingerprint density at radius 3 is 2.53 bits per heavy atom. The van der Waals surface area contributed by atoms with Crippen molar-refractivity contribution < 1.29 is 0 Å². The van der Waals surface area contributed by atoms with E-state index in [0.29, 0.717) is 0 Å². The monoisotopic (exact) mass is 257 g/mol. The SMILES string of the molecule is NC1(c2ccccc2-c2c[nH]c(=O)[nH]2)CCCCC1. The third-order valence-electron chi connectivity index (χ3n) is 4.10. The van der Waals surface area contributed by atoms with E-state index in [9.17, 15) is 4.79 Å². The van der Waals surface area contributed by atoms with E-state index in [1.165, 1.54) is 19.3 Å². The molecule has 4 N–H and O–H groups in total. The molecule has 3 rings (SSSR count). The van der Waals surface area contributed by atoms with Gasteiger partial charge >= 0.3 is 5.69 Å². The van der Waals surface area contributed by atoms with Gasteiger partial charge in [-0.25, -0.2) is 4.79 Å². The summed E-state index contributed by atoms with van der Waals surface area (Å²) < 4.78 is 0. The van der Waals surface area contributed by atoms with E-state index in [1.54, 1.807) is 6.20 Å². The van der Waals surface area contributed by atoms with Gasteiger partial charge in [-0.2, -0.15) is 0 Å². The summed E-state index contributed by atoms with van der Waals surface area (Å²) in [5.74, 6) is 0. The highest BCUT2D eigenvalue weighted by Crippen LogP contribution is 2.38. The zero-order valence-corrected chi connectivity index (χ0v) is 10.9. The number of hydrogen-bond acceptors (Lipinski definition) is 2. The number of H-pyrrole nitrogens is 2. The summed E-state index contributed by atoms with van der Waals surface area (Å²) in [6.07, 6.45) is 7.36. The first-order valence-corrected chi connectivity index (χ1v) is 6.85. The summed E-state index contributed by atoms with van der Waals surface area (Å²) >= 11 is 0. The first kappa shape index (κ1) is 12.2. The number of benzene rings is 1. The second kappa shape index (κ2) is 4.70. The molecule has 1 aliphatic rings. The molecule has 2 aromatic rings. The maximum atomic E-state index is 11.3. The molecule has 0 bridgehead atoms. The summed E-state index contributed by atoms with van der Waals surface area (Å²) in [7, 11) is 0. The number of nitrogens with two attached hydrogens (primary N) is 1. The number of aromatic amines is 2. The van der Waals surface area contributed by atoms with Crippen LogP contribution in [0.1, 0.15) is 37.7 Å². The predicted octanol–water partition coefficient (Wildman–Crippen LogP) is 2.49. The maximum Gasteiger partial charge on any atom is 0.323 e. The number of nitrogens with one attached hydrogen (secondary N) is 2. The van der Waals surface area contributed by atoms with Crippen LogP contribution in [0.5, 0.6) is 0 Å². The first-order valence-electron chi connectivity index (χ1n) is 6.85. The lowest BCUT2D eigenvalue weighted by molar-refractivity contribution is 0.303. The van der Waals surface area contributed by atoms with E-state index in [4.69, 9.17) is 5.73 Å². The molecule has 1 aliphatic carbocycles. The smallest absolute Gasteiger partial charge is 0.321 e. The molecule has 0 saturated heterocycles. The summed E-state index contributed by atoms with van der Waals surface area (Å²) in [6.45, 7) is 0. The molecule has 0 spiro atoms. The van der Waals surface area contributed by atoms with Gasteiger partial charge in [-0.15, -0.1) is 0 Å². The quantitative estimate of drug-likeness (QED) is 0.773. The Balaban J connectivity index is 2.09. The van der Waals surface area contributed by atoms with Crippen molar-refractivity contribution in [1.29, 1.82) is 0 Å². The molecule has 1 fully saturated rings. The van der Waals surface area contributed by atoms with Gasteiger partial charge in [-0.3, -0.25) is 0 Å². The van der Waals surface area contributed by atoms with Crippen molar-refractivity contribution in [3.63, 3.8) is 0 Å². The van der Waals surface area contributed by atoms with Crippen molar-refractivity contribution in [2.45, 2.75) is 37.6 Å². The highest BCUT2D eigenvalue weighted by atomic mass is 16.1. The Hall–Kier alpha value is -1.81. The van der Waals surface area contributed by atoms with E-state index < -0.39 is 0 Å². The molecule has 4 heteroatoms. The Morgan fingerprint density at radius 1 is 1.11 bits per heavy atom. The minimum atomic E-state index is -0.261. The van der Waals surface area contributed by atoms with Crippen molar-refractivity contribution in [3.05, 3.63) is 46.5 Å². The molecule has 0 radical (unpaired) electrons. The standard InChI is InChI=1S/C15H19N3O/c16-15(8-4-1-5-9-15)12-7-3-2-6-11(12)13-10-17-14(19)18-13/h2-3,6-7,10H,1,4-5,8-9,16H2,(H2,17,18,19). The van der Waals surface area contributed by atoms with Gasteiger partial charge in [-0.1, -0.05) is 43.5 Å². The van der Waals surface area contributed by atoms with Gasteiger partial charge in [-0.05, 0) is 18.4 Å². The molecule has 19 heavy (non-hydrogen) atoms. The van der Waals surface area contributed by atoms with Gasteiger partial charge in [0.25, 0.3) is 0 Å². The number of hydrogen-bond donors (Lipinski definition) is 3. The Morgan fingerprint density at radius 2 is 1.84 bits per heavy atom. The second-order valence-electron chi connectivity index (χ2n) is 5.42. The highest BCUT2D eigenvalue weighted by Gasteiger charge is 2.31. The van der Waals surface area contributed by atoms with Gasteiger partial charge in [0.15, 0.2) is 0 Å². The fourth-order valence-corrected chi connectivity index (χ4v) is 3.08. The van der Waals surface area contributed by atoms with E-state index in [0.717, 1.165) is 29.7 Å². The van der Waals surface area contributed by atoms with Crippen LogP contribution in [0.3, 0.4) is 0 Å². The zero-order chi connectivity index (χ0) is 13.3. The molecule has 1 aromatic carbocycles. The Bertz CT molecular complexity index is 620. The molecule has 0 atom stereocenters. The Labute approximate surface area is 112 Å². The van der Waals surface area contributed by atoms with Gasteiger partial charge in [0, 0.05) is 17.3 Å². The molecule has 4 nitrogen and oxygen atoms in total. The van der Waals surface area contributed by atoms with Crippen LogP contribution in [0, 0.1) is 0 Å². The second-order valence-corrected chi connectivity index (χ2v) is 5.42. The van der Waals surface area contributed by atoms with Crippen LogP contribution in [-0.4, -0.2) is 9.97 Å². The summed E-state index contributed by atoms with van der Waals surface area (Å²) in [5, 5.41) is 0. The molecule has 0 unspecified atom stereocenters. The van der Waals surface area contributed by atoms with Crippen LogP contribution in [0.15, 0.2) is 35.3 Å². The predicted molar refractivity (Wildman–Crippen MR) is 75.8 cm³/mol. The van der Waals surface area contributed by atoms with Crippen molar-refractivity contribution in [2.24, 2.45) is 5.73 Å². The van der Waals surface area contributed by atoms with Gasteiger partial charge in [0.1, 0.15) is 0 Å². The van der Waals surface area contributed by atoms with E-state index >= 15 is 0 Å². The van der Waals surface area contributed by atoms with Crippen molar-refractivity contribution in [3.8, 4) is 11.3 Å². The van der Waals surface area contributed by atoms with Crippen molar-refractivity contribution >= 4 is 0 Å². The summed E-state index contributed by atoms with van der Waals surface area (Å²) in [6, 6.07) is 8.12. The van der Waals surface area contributed by atoms with Crippen LogP contribution >= 0.6 is 0 Å². The molecule has 1 saturated carbocycles. The molecule has 0 aliphatic heterocycles. The van der Waals surface area contributed by atoms with Gasteiger partial charge in [0.05, 0.1) is 5.69 Å². The van der Waals surface area contributed by atoms with Crippen molar-refractivity contribution in [2.75, 3.05) is 0 Å². The van der Waals surface area contributed by atoms with Gasteiger partial charge in [0.2, 0.25) is 0 Å². The van der Waals surface area contributed by atoms with Crippen LogP contribution in [0.2, 0.25) is 0 Å². The van der Waals surface area contributed by atoms with Crippen molar-refractivity contribution in [1.82, 2.24) is 9.97 Å². The molecule has 1 heterocycles. The minimum absolute atomic E-state index is 0.181. The largest absolute Gasteiger partial charge is 0.323 e.